The highest BCUT2D eigenvalue weighted by molar-refractivity contribution is 7.89. The zero-order chi connectivity index (χ0) is 13.9. The van der Waals surface area contributed by atoms with Gasteiger partial charge in [0, 0.05) is 6.20 Å². The average Bonchev–Trinajstić information content (AvgIpc) is 2.96. The summed E-state index contributed by atoms with van der Waals surface area (Å²) in [5.41, 5.74) is 0. The van der Waals surface area contributed by atoms with Crippen LogP contribution in [0.3, 0.4) is 0 Å². The summed E-state index contributed by atoms with van der Waals surface area (Å²) < 4.78 is 32.1. The van der Waals surface area contributed by atoms with Crippen molar-refractivity contribution in [2.75, 3.05) is 0 Å². The van der Waals surface area contributed by atoms with Crippen LogP contribution in [0.2, 0.25) is 0 Å². The predicted molar refractivity (Wildman–Crippen MR) is 62.6 cm³/mol. The molecule has 0 fully saturated rings. The van der Waals surface area contributed by atoms with E-state index < -0.39 is 22.5 Å². The minimum atomic E-state index is -3.74. The Balaban J connectivity index is 2.06. The fourth-order valence-electron chi connectivity index (χ4n) is 1.37. The van der Waals surface area contributed by atoms with E-state index in [0.717, 1.165) is 17.1 Å². The highest BCUT2D eigenvalue weighted by atomic mass is 32.2. The first-order valence-electron chi connectivity index (χ1n) is 5.24. The molecular weight excluding hydrogens is 274 g/mol. The van der Waals surface area contributed by atoms with Gasteiger partial charge in [0.25, 0.3) is 0 Å². The molecule has 0 atom stereocenters. The molecule has 0 aromatic carbocycles. The number of hydrogen-bond acceptors (Lipinski definition) is 5. The summed E-state index contributed by atoms with van der Waals surface area (Å²) in [4.78, 5) is 10.4. The summed E-state index contributed by atoms with van der Waals surface area (Å²) in [5, 5.41) is 12.2. The van der Waals surface area contributed by atoms with Gasteiger partial charge in [0.15, 0.2) is 0 Å². The van der Waals surface area contributed by atoms with Crippen LogP contribution in [-0.2, 0) is 27.9 Å². The zero-order valence-electron chi connectivity index (χ0n) is 9.68. The first-order valence-corrected chi connectivity index (χ1v) is 6.72. The Labute approximate surface area is 108 Å². The van der Waals surface area contributed by atoms with Crippen molar-refractivity contribution < 1.29 is 22.7 Å². The number of carbonyl (C=O) groups is 1. The third kappa shape index (κ3) is 3.42. The molecular formula is C10H11N3O5S. The molecule has 19 heavy (non-hydrogen) atoms. The maximum Gasteiger partial charge on any atom is 0.325 e. The van der Waals surface area contributed by atoms with Gasteiger partial charge in [-0.2, -0.15) is 5.10 Å². The number of carboxylic acids is 1. The highest BCUT2D eigenvalue weighted by Gasteiger charge is 2.17. The Morgan fingerprint density at radius 3 is 2.95 bits per heavy atom. The number of sulfonamides is 1. The van der Waals surface area contributed by atoms with E-state index in [-0.39, 0.29) is 11.4 Å². The van der Waals surface area contributed by atoms with E-state index in [9.17, 15) is 13.2 Å². The summed E-state index contributed by atoms with van der Waals surface area (Å²) in [5.74, 6) is -0.628. The fraction of sp³-hybridized carbons (Fsp3) is 0.200. The maximum absolute atomic E-state index is 11.9. The molecule has 2 heterocycles. The van der Waals surface area contributed by atoms with E-state index in [0.29, 0.717) is 5.76 Å². The molecule has 102 valence electrons. The standard InChI is InChI=1S/C10H11N3O5S/c14-10(15)7-13-6-9(5-11-13)19(16,17)12-4-8-2-1-3-18-8/h1-3,5-6,12H,4,7H2,(H,14,15). The molecule has 8 nitrogen and oxygen atoms in total. The van der Waals surface area contributed by atoms with Crippen LogP contribution in [0.4, 0.5) is 0 Å². The van der Waals surface area contributed by atoms with Crippen molar-refractivity contribution in [1.82, 2.24) is 14.5 Å². The lowest BCUT2D eigenvalue weighted by atomic mass is 10.5. The Morgan fingerprint density at radius 2 is 2.32 bits per heavy atom. The topological polar surface area (TPSA) is 114 Å². The second-order valence-corrected chi connectivity index (χ2v) is 5.44. The fourth-order valence-corrected chi connectivity index (χ4v) is 2.32. The van der Waals surface area contributed by atoms with Gasteiger partial charge in [-0.15, -0.1) is 0 Å². The van der Waals surface area contributed by atoms with Gasteiger partial charge in [0.2, 0.25) is 10.0 Å². The number of carboxylic acid groups (broad SMARTS) is 1. The third-order valence-corrected chi connectivity index (χ3v) is 3.59. The van der Waals surface area contributed by atoms with Gasteiger partial charge in [0.1, 0.15) is 17.2 Å². The van der Waals surface area contributed by atoms with E-state index in [1.165, 1.54) is 6.26 Å². The minimum absolute atomic E-state index is 0.0133. The lowest BCUT2D eigenvalue weighted by molar-refractivity contribution is -0.137. The quantitative estimate of drug-likeness (QED) is 0.774. The first-order chi connectivity index (χ1) is 8.97. The number of aliphatic carboxylic acids is 1. The molecule has 2 rings (SSSR count). The van der Waals surface area contributed by atoms with Crippen molar-refractivity contribution in [1.29, 1.82) is 0 Å². The summed E-state index contributed by atoms with van der Waals surface area (Å²) in [6.45, 7) is -0.382. The molecule has 0 amide bonds. The molecule has 0 bridgehead atoms. The van der Waals surface area contributed by atoms with Gasteiger partial charge in [-0.25, -0.2) is 13.1 Å². The van der Waals surface area contributed by atoms with E-state index in [4.69, 9.17) is 9.52 Å². The van der Waals surface area contributed by atoms with Crippen molar-refractivity contribution in [3.05, 3.63) is 36.5 Å². The number of nitrogens with zero attached hydrogens (tertiary/aromatic N) is 2. The summed E-state index contributed by atoms with van der Waals surface area (Å²) in [7, 11) is -3.74. The van der Waals surface area contributed by atoms with Crippen LogP contribution < -0.4 is 4.72 Å². The van der Waals surface area contributed by atoms with Gasteiger partial charge in [0.05, 0.1) is 19.0 Å². The summed E-state index contributed by atoms with van der Waals surface area (Å²) in [6.07, 6.45) is 3.68. The Morgan fingerprint density at radius 1 is 1.53 bits per heavy atom. The van der Waals surface area contributed by atoms with Gasteiger partial charge in [-0.05, 0) is 12.1 Å². The number of aromatic nitrogens is 2. The molecule has 0 aliphatic rings. The van der Waals surface area contributed by atoms with Crippen molar-refractivity contribution in [2.45, 2.75) is 18.0 Å². The molecule has 0 saturated carbocycles. The number of hydrogen-bond donors (Lipinski definition) is 2. The lowest BCUT2D eigenvalue weighted by Crippen LogP contribution is -2.22. The molecule has 0 unspecified atom stereocenters. The van der Waals surface area contributed by atoms with Crippen LogP contribution in [0.25, 0.3) is 0 Å². The molecule has 0 saturated heterocycles. The van der Waals surface area contributed by atoms with Gasteiger partial charge >= 0.3 is 5.97 Å². The average molecular weight is 285 g/mol. The highest BCUT2D eigenvalue weighted by Crippen LogP contribution is 2.08. The SMILES string of the molecule is O=C(O)Cn1cc(S(=O)(=O)NCc2ccco2)cn1. The molecule has 0 spiro atoms. The molecule has 0 radical (unpaired) electrons. The number of rotatable bonds is 6. The Kier molecular flexibility index (Phi) is 3.67. The molecule has 2 aromatic rings. The molecule has 0 aliphatic carbocycles. The third-order valence-electron chi connectivity index (χ3n) is 2.23. The van der Waals surface area contributed by atoms with Gasteiger partial charge in [-0.3, -0.25) is 9.48 Å². The Hall–Kier alpha value is -2.13. The lowest BCUT2D eigenvalue weighted by Gasteiger charge is -2.02. The van der Waals surface area contributed by atoms with Crippen LogP contribution >= 0.6 is 0 Å². The van der Waals surface area contributed by atoms with Gasteiger partial charge in [-0.1, -0.05) is 0 Å². The maximum atomic E-state index is 11.9. The van der Waals surface area contributed by atoms with Crippen molar-refractivity contribution >= 4 is 16.0 Å². The monoisotopic (exact) mass is 285 g/mol. The zero-order valence-corrected chi connectivity index (χ0v) is 10.5. The number of furan rings is 1. The van der Waals surface area contributed by atoms with Crippen LogP contribution in [-0.4, -0.2) is 29.3 Å². The van der Waals surface area contributed by atoms with Crippen molar-refractivity contribution in [2.24, 2.45) is 0 Å². The van der Waals surface area contributed by atoms with Crippen LogP contribution in [0.1, 0.15) is 5.76 Å². The van der Waals surface area contributed by atoms with E-state index in [2.05, 4.69) is 9.82 Å². The van der Waals surface area contributed by atoms with E-state index >= 15 is 0 Å². The molecule has 9 heteroatoms. The molecule has 2 N–H and O–H groups in total. The summed E-state index contributed by atoms with van der Waals surface area (Å²) >= 11 is 0. The van der Waals surface area contributed by atoms with E-state index in [1.807, 2.05) is 0 Å². The largest absolute Gasteiger partial charge is 0.480 e. The predicted octanol–water partition coefficient (Wildman–Crippen LogP) is 0.0392. The van der Waals surface area contributed by atoms with Crippen LogP contribution in [0.5, 0.6) is 0 Å². The normalized spacial score (nSPS) is 11.6. The van der Waals surface area contributed by atoms with Crippen LogP contribution in [0.15, 0.2) is 40.1 Å². The van der Waals surface area contributed by atoms with Gasteiger partial charge < -0.3 is 9.52 Å². The number of nitrogens with one attached hydrogen (secondary N) is 1. The summed E-state index contributed by atoms with van der Waals surface area (Å²) in [6, 6.07) is 3.28. The molecule has 2 aromatic heterocycles. The van der Waals surface area contributed by atoms with E-state index in [1.54, 1.807) is 12.1 Å². The van der Waals surface area contributed by atoms with Crippen LogP contribution in [0, 0.1) is 0 Å². The minimum Gasteiger partial charge on any atom is -0.480 e. The smallest absolute Gasteiger partial charge is 0.325 e. The second kappa shape index (κ2) is 5.24. The first kappa shape index (κ1) is 13.3. The molecule has 0 aliphatic heterocycles. The second-order valence-electron chi connectivity index (χ2n) is 3.67. The van der Waals surface area contributed by atoms with Crippen molar-refractivity contribution in [3.8, 4) is 0 Å². The van der Waals surface area contributed by atoms with Crippen molar-refractivity contribution in [3.63, 3.8) is 0 Å². The Bertz CT molecular complexity index is 659.